The first kappa shape index (κ1) is 18.5. The molecule has 0 amide bonds. The van der Waals surface area contributed by atoms with Crippen LogP contribution in [0.1, 0.15) is 62.3 Å². The van der Waals surface area contributed by atoms with Gasteiger partial charge in [0, 0.05) is 18.5 Å². The highest BCUT2D eigenvalue weighted by atomic mass is 17.2. The Balaban J connectivity index is 1.83. The Morgan fingerprint density at radius 2 is 1.85 bits per heavy atom. The maximum atomic E-state index is 11.0. The molecule has 0 spiro atoms. The van der Waals surface area contributed by atoms with Crippen molar-refractivity contribution in [3.8, 4) is 5.75 Å². The maximum Gasteiger partial charge on any atom is 0.352 e. The van der Waals surface area contributed by atoms with Crippen LogP contribution in [0.2, 0.25) is 0 Å². The predicted octanol–water partition coefficient (Wildman–Crippen LogP) is 4.97. The van der Waals surface area contributed by atoms with Gasteiger partial charge in [-0.2, -0.15) is 0 Å². The number of benzene rings is 2. The quantitative estimate of drug-likeness (QED) is 0.588. The van der Waals surface area contributed by atoms with E-state index in [0.29, 0.717) is 5.75 Å². The van der Waals surface area contributed by atoms with Crippen molar-refractivity contribution < 1.29 is 14.6 Å². The van der Waals surface area contributed by atoms with Gasteiger partial charge in [-0.1, -0.05) is 54.8 Å². The third-order valence-electron chi connectivity index (χ3n) is 5.13. The molecule has 1 saturated carbocycles. The van der Waals surface area contributed by atoms with E-state index in [1.165, 1.54) is 36.5 Å². The van der Waals surface area contributed by atoms with Gasteiger partial charge in [-0.15, -0.1) is 0 Å². The van der Waals surface area contributed by atoms with Crippen molar-refractivity contribution in [2.45, 2.75) is 58.0 Å². The molecular formula is C22H27NO3. The molecule has 4 nitrogen and oxygen atoms in total. The molecule has 0 unspecified atom stereocenters. The maximum absolute atomic E-state index is 11.0. The van der Waals surface area contributed by atoms with E-state index in [-0.39, 0.29) is 11.6 Å². The lowest BCUT2D eigenvalue weighted by atomic mass is 9.86. The summed E-state index contributed by atoms with van der Waals surface area (Å²) >= 11 is 0. The minimum Gasteiger partial charge on any atom is -0.301 e. The van der Waals surface area contributed by atoms with Crippen LogP contribution in [0.4, 0.5) is 0 Å². The van der Waals surface area contributed by atoms with Crippen molar-refractivity contribution >= 4 is 5.97 Å². The summed E-state index contributed by atoms with van der Waals surface area (Å²) < 4.78 is 0. The van der Waals surface area contributed by atoms with Crippen molar-refractivity contribution in [1.82, 2.24) is 5.32 Å². The molecule has 3 rings (SSSR count). The summed E-state index contributed by atoms with van der Waals surface area (Å²) in [7, 11) is 0. The Morgan fingerprint density at radius 3 is 2.54 bits per heavy atom. The number of carbonyl (C=O) groups excluding carboxylic acids is 1. The van der Waals surface area contributed by atoms with E-state index < -0.39 is 5.97 Å². The van der Waals surface area contributed by atoms with Gasteiger partial charge in [-0.25, -0.2) is 4.79 Å². The second-order valence-electron chi connectivity index (χ2n) is 7.26. The van der Waals surface area contributed by atoms with Crippen LogP contribution in [0, 0.1) is 6.92 Å². The van der Waals surface area contributed by atoms with Crippen LogP contribution < -0.4 is 10.2 Å². The molecular weight excluding hydrogens is 326 g/mol. The van der Waals surface area contributed by atoms with Gasteiger partial charge in [0.1, 0.15) is 0 Å². The van der Waals surface area contributed by atoms with E-state index in [1.807, 2.05) is 12.1 Å². The van der Waals surface area contributed by atoms with E-state index >= 15 is 0 Å². The zero-order chi connectivity index (χ0) is 18.6. The standard InChI is InChI=1S/C22H27NO3/c1-16-8-6-9-19(14-16)17(2)23-22(12-4-5-13-22)20-10-7-11-21(15-20)26-25-18(3)24/h6-11,14-15,17,23H,4-5,12-13H2,1-3H3/t17-/m1/s1. The average molecular weight is 353 g/mol. The van der Waals surface area contributed by atoms with Crippen molar-refractivity contribution in [2.24, 2.45) is 0 Å². The van der Waals surface area contributed by atoms with Crippen LogP contribution in [0.3, 0.4) is 0 Å². The number of carbonyl (C=O) groups is 1. The summed E-state index contributed by atoms with van der Waals surface area (Å²) in [6.45, 7) is 5.67. The topological polar surface area (TPSA) is 47.6 Å². The molecule has 1 fully saturated rings. The molecule has 1 N–H and O–H groups in total. The number of hydrogen-bond donors (Lipinski definition) is 1. The SMILES string of the molecule is CC(=O)OOc1cccc(C2(N[C@H](C)c3cccc(C)c3)CCCC2)c1. The third-order valence-corrected chi connectivity index (χ3v) is 5.13. The normalized spacial score (nSPS) is 16.9. The second-order valence-corrected chi connectivity index (χ2v) is 7.26. The predicted molar refractivity (Wildman–Crippen MR) is 102 cm³/mol. The van der Waals surface area contributed by atoms with Gasteiger partial charge in [0.15, 0.2) is 5.75 Å². The summed E-state index contributed by atoms with van der Waals surface area (Å²) in [6.07, 6.45) is 4.56. The summed E-state index contributed by atoms with van der Waals surface area (Å²) in [6, 6.07) is 16.7. The van der Waals surface area contributed by atoms with Crippen molar-refractivity contribution in [3.05, 3.63) is 65.2 Å². The smallest absolute Gasteiger partial charge is 0.301 e. The number of aryl methyl sites for hydroxylation is 1. The number of rotatable bonds is 6. The summed E-state index contributed by atoms with van der Waals surface area (Å²) in [4.78, 5) is 20.8. The molecule has 4 heteroatoms. The third kappa shape index (κ3) is 4.25. The molecule has 26 heavy (non-hydrogen) atoms. The lowest BCUT2D eigenvalue weighted by molar-refractivity contribution is -0.210. The first-order chi connectivity index (χ1) is 12.5. The summed E-state index contributed by atoms with van der Waals surface area (Å²) in [5, 5.41) is 3.88. The minimum atomic E-state index is -0.461. The Labute approximate surface area is 155 Å². The molecule has 0 saturated heterocycles. The zero-order valence-electron chi connectivity index (χ0n) is 15.7. The van der Waals surface area contributed by atoms with E-state index in [0.717, 1.165) is 12.8 Å². The van der Waals surface area contributed by atoms with Gasteiger partial charge in [0.2, 0.25) is 0 Å². The molecule has 1 aliphatic carbocycles. The first-order valence-electron chi connectivity index (χ1n) is 9.28. The molecule has 0 bridgehead atoms. The summed E-state index contributed by atoms with van der Waals surface area (Å²) in [5.74, 6) is 0.0890. The fourth-order valence-corrected chi connectivity index (χ4v) is 3.88. The van der Waals surface area contributed by atoms with Gasteiger partial charge in [-0.3, -0.25) is 9.78 Å². The highest BCUT2D eigenvalue weighted by Gasteiger charge is 2.37. The van der Waals surface area contributed by atoms with E-state index in [4.69, 9.17) is 4.89 Å². The van der Waals surface area contributed by atoms with Gasteiger partial charge < -0.3 is 5.32 Å². The lowest BCUT2D eigenvalue weighted by Gasteiger charge is -2.35. The van der Waals surface area contributed by atoms with E-state index in [9.17, 15) is 4.79 Å². The van der Waals surface area contributed by atoms with Crippen LogP contribution in [-0.4, -0.2) is 5.97 Å². The van der Waals surface area contributed by atoms with Gasteiger partial charge in [0.05, 0.1) is 0 Å². The Hall–Kier alpha value is -2.33. The number of hydrogen-bond acceptors (Lipinski definition) is 4. The van der Waals surface area contributed by atoms with Gasteiger partial charge in [-0.05, 0) is 49.9 Å². The van der Waals surface area contributed by atoms with Crippen LogP contribution in [0.25, 0.3) is 0 Å². The second kappa shape index (κ2) is 7.92. The Morgan fingerprint density at radius 1 is 1.12 bits per heavy atom. The Kier molecular flexibility index (Phi) is 5.62. The fraction of sp³-hybridized carbons (Fsp3) is 0.409. The fourth-order valence-electron chi connectivity index (χ4n) is 3.88. The monoisotopic (exact) mass is 353 g/mol. The first-order valence-corrected chi connectivity index (χ1v) is 9.28. The lowest BCUT2D eigenvalue weighted by Crippen LogP contribution is -2.41. The highest BCUT2D eigenvalue weighted by molar-refractivity contribution is 5.65. The van der Waals surface area contributed by atoms with Gasteiger partial charge in [0.25, 0.3) is 0 Å². The summed E-state index contributed by atoms with van der Waals surface area (Å²) in [5.41, 5.74) is 3.66. The molecule has 0 aliphatic heterocycles. The van der Waals surface area contributed by atoms with Crippen LogP contribution in [0.15, 0.2) is 48.5 Å². The van der Waals surface area contributed by atoms with Crippen LogP contribution in [-0.2, 0) is 15.2 Å². The number of nitrogens with one attached hydrogen (secondary N) is 1. The molecule has 1 atom stereocenters. The largest absolute Gasteiger partial charge is 0.352 e. The molecule has 2 aromatic rings. The molecule has 2 aromatic carbocycles. The molecule has 0 heterocycles. The van der Waals surface area contributed by atoms with Gasteiger partial charge >= 0.3 is 5.97 Å². The molecule has 0 radical (unpaired) electrons. The molecule has 1 aliphatic rings. The van der Waals surface area contributed by atoms with Crippen molar-refractivity contribution in [3.63, 3.8) is 0 Å². The van der Waals surface area contributed by atoms with E-state index in [2.05, 4.69) is 54.4 Å². The zero-order valence-corrected chi connectivity index (χ0v) is 15.7. The minimum absolute atomic E-state index is 0.0846. The van der Waals surface area contributed by atoms with Crippen molar-refractivity contribution in [2.75, 3.05) is 0 Å². The van der Waals surface area contributed by atoms with Crippen LogP contribution >= 0.6 is 0 Å². The van der Waals surface area contributed by atoms with E-state index in [1.54, 1.807) is 6.07 Å². The van der Waals surface area contributed by atoms with Crippen molar-refractivity contribution in [1.29, 1.82) is 0 Å². The Bertz CT molecular complexity index is 765. The molecule has 138 valence electrons. The highest BCUT2D eigenvalue weighted by Crippen LogP contribution is 2.41. The molecule has 0 aromatic heterocycles. The average Bonchev–Trinajstić information content (AvgIpc) is 3.10. The van der Waals surface area contributed by atoms with Crippen LogP contribution in [0.5, 0.6) is 5.75 Å².